The smallest absolute Gasteiger partial charge is 0.267 e. The number of alkyl halides is 9. The third-order valence-electron chi connectivity index (χ3n) is 3.20. The molecular formula is C14H24F9NO3S. The van der Waals surface area contributed by atoms with E-state index in [4.69, 9.17) is 4.55 Å². The molecule has 8 atom stereocenters. The molecule has 172 valence electrons. The monoisotopic (exact) mass is 457 g/mol. The van der Waals surface area contributed by atoms with Gasteiger partial charge in [-0.05, 0) is 26.9 Å². The molecule has 2 N–H and O–H groups in total. The minimum atomic E-state index is -5.11. The van der Waals surface area contributed by atoms with Crippen molar-refractivity contribution < 1.29 is 52.5 Å². The normalized spacial score (nSPS) is 20.7. The van der Waals surface area contributed by atoms with E-state index in [-0.39, 0.29) is 0 Å². The fourth-order valence-corrected chi connectivity index (χ4v) is 2.41. The van der Waals surface area contributed by atoms with Crippen molar-refractivity contribution in [2.45, 2.75) is 62.2 Å². The Morgan fingerprint density at radius 2 is 1.07 bits per heavy atom. The van der Waals surface area contributed by atoms with Crippen molar-refractivity contribution in [2.24, 2.45) is 0 Å². The molecule has 0 spiro atoms. The van der Waals surface area contributed by atoms with Crippen molar-refractivity contribution in [3.8, 4) is 0 Å². The van der Waals surface area contributed by atoms with Gasteiger partial charge in [0.05, 0.1) is 6.67 Å². The number of hydrogen-bond donors (Lipinski definition) is 2. The zero-order valence-corrected chi connectivity index (χ0v) is 15.8. The Labute approximate surface area is 157 Å². The Morgan fingerprint density at radius 1 is 0.750 bits per heavy atom. The van der Waals surface area contributed by atoms with Gasteiger partial charge in [-0.25, -0.2) is 35.1 Å². The van der Waals surface area contributed by atoms with E-state index in [2.05, 4.69) is 5.32 Å². The van der Waals surface area contributed by atoms with Gasteiger partial charge in [-0.3, -0.25) is 8.94 Å². The summed E-state index contributed by atoms with van der Waals surface area (Å²) < 4.78 is 147. The van der Waals surface area contributed by atoms with E-state index in [0.29, 0.717) is 0 Å². The zero-order valence-electron chi connectivity index (χ0n) is 15.0. The highest BCUT2D eigenvalue weighted by molar-refractivity contribution is 7.85. The second-order valence-corrected chi connectivity index (χ2v) is 7.28. The van der Waals surface area contributed by atoms with Gasteiger partial charge < -0.3 is 5.32 Å². The highest BCUT2D eigenvalue weighted by Crippen LogP contribution is 2.28. The lowest BCUT2D eigenvalue weighted by Crippen LogP contribution is -2.47. The molecule has 0 rings (SSSR count). The van der Waals surface area contributed by atoms with Crippen LogP contribution >= 0.6 is 0 Å². The molecule has 0 saturated heterocycles. The summed E-state index contributed by atoms with van der Waals surface area (Å²) >= 11 is 0. The second kappa shape index (κ2) is 14.3. The van der Waals surface area contributed by atoms with Gasteiger partial charge >= 0.3 is 0 Å². The first-order valence-electron chi connectivity index (χ1n) is 7.97. The predicted octanol–water partition coefficient (Wildman–Crippen LogP) is 3.16. The summed E-state index contributed by atoms with van der Waals surface area (Å²) in [6, 6.07) is 0. The fraction of sp³-hybridized carbons (Fsp3) is 1.00. The Morgan fingerprint density at radius 3 is 1.39 bits per heavy atom. The van der Waals surface area contributed by atoms with E-state index >= 15 is 0 Å². The van der Waals surface area contributed by atoms with Gasteiger partial charge in [0.15, 0.2) is 43.2 Å². The topological polar surface area (TPSA) is 66.4 Å². The first kappa shape index (κ1) is 29.4. The summed E-state index contributed by atoms with van der Waals surface area (Å²) in [5, 5.41) is 2.75. The van der Waals surface area contributed by atoms with Gasteiger partial charge in [0.1, 0.15) is 11.9 Å². The van der Waals surface area contributed by atoms with Crippen LogP contribution < -0.4 is 5.32 Å². The number of hydrogen-bond acceptors (Lipinski definition) is 3. The van der Waals surface area contributed by atoms with Crippen LogP contribution in [0.1, 0.15) is 12.8 Å². The molecule has 0 aliphatic rings. The first-order valence-corrected chi connectivity index (χ1v) is 9.58. The van der Waals surface area contributed by atoms with Gasteiger partial charge in [0.25, 0.3) is 10.1 Å². The summed E-state index contributed by atoms with van der Waals surface area (Å²) in [6.07, 6.45) is -29.2. The molecule has 0 fully saturated rings. The number of halogens is 9. The van der Waals surface area contributed by atoms with E-state index in [0.717, 1.165) is 0 Å². The Balaban J connectivity index is 0. The molecule has 8 unspecified atom stereocenters. The quantitative estimate of drug-likeness (QED) is 0.349. The minimum absolute atomic E-state index is 0.540. The van der Waals surface area contributed by atoms with Crippen LogP contribution in [0.3, 0.4) is 0 Å². The Kier molecular flexibility index (Phi) is 15.0. The van der Waals surface area contributed by atoms with Crippen LogP contribution in [0.5, 0.6) is 0 Å². The molecule has 4 nitrogen and oxygen atoms in total. The van der Waals surface area contributed by atoms with Gasteiger partial charge in [-0.2, -0.15) is 8.42 Å². The molecule has 0 bridgehead atoms. The van der Waals surface area contributed by atoms with Crippen LogP contribution in [0.25, 0.3) is 0 Å². The van der Waals surface area contributed by atoms with Crippen LogP contribution in [0.4, 0.5) is 39.5 Å². The standard InChI is InChI=1S/C12H17F9O3S.C2H7N/c13-3-1-2-5(14)7(16)9(18)11(20)12(21)10(19)8(17)6(15)4-25(22,23)24;1-3-2/h5-12H,1-4H2,(H,22,23,24);3H,1-2H3. The van der Waals surface area contributed by atoms with Gasteiger partial charge in [-0.15, -0.1) is 0 Å². The molecule has 0 aromatic rings. The maximum atomic E-state index is 13.4. The van der Waals surface area contributed by atoms with E-state index < -0.39 is 84.8 Å². The number of nitrogens with one attached hydrogen (secondary N) is 1. The third-order valence-corrected chi connectivity index (χ3v) is 3.94. The molecule has 14 heteroatoms. The maximum absolute atomic E-state index is 13.4. The predicted molar refractivity (Wildman–Crippen MR) is 85.8 cm³/mol. The largest absolute Gasteiger partial charge is 0.323 e. The minimum Gasteiger partial charge on any atom is -0.323 e. The van der Waals surface area contributed by atoms with Crippen molar-refractivity contribution in [3.63, 3.8) is 0 Å². The van der Waals surface area contributed by atoms with E-state index in [1.54, 1.807) is 0 Å². The van der Waals surface area contributed by atoms with Crippen LogP contribution in [0.2, 0.25) is 0 Å². The summed E-state index contributed by atoms with van der Waals surface area (Å²) in [7, 11) is -1.36. The lowest BCUT2D eigenvalue weighted by molar-refractivity contribution is -0.0450. The van der Waals surface area contributed by atoms with Gasteiger partial charge in [0, 0.05) is 0 Å². The van der Waals surface area contributed by atoms with Gasteiger partial charge in [-0.1, -0.05) is 0 Å². The summed E-state index contributed by atoms with van der Waals surface area (Å²) in [5.74, 6) is -1.97. The Bertz CT molecular complexity index is 502. The summed E-state index contributed by atoms with van der Waals surface area (Å²) in [5.41, 5.74) is 0. The summed E-state index contributed by atoms with van der Waals surface area (Å²) in [4.78, 5) is 0. The molecule has 0 aliphatic heterocycles. The lowest BCUT2D eigenvalue weighted by Gasteiger charge is -2.26. The van der Waals surface area contributed by atoms with Crippen LogP contribution in [-0.4, -0.2) is 88.9 Å². The van der Waals surface area contributed by atoms with E-state index in [1.807, 2.05) is 14.1 Å². The third kappa shape index (κ3) is 11.3. The molecule has 0 amide bonds. The molecule has 0 aromatic carbocycles. The molecular weight excluding hydrogens is 433 g/mol. The molecule has 28 heavy (non-hydrogen) atoms. The Hall–Kier alpha value is -0.760. The zero-order chi connectivity index (χ0) is 22.7. The van der Waals surface area contributed by atoms with Gasteiger partial charge in [0.2, 0.25) is 0 Å². The second-order valence-electron chi connectivity index (χ2n) is 5.78. The van der Waals surface area contributed by atoms with Crippen LogP contribution in [0, 0.1) is 0 Å². The van der Waals surface area contributed by atoms with E-state index in [9.17, 15) is 47.9 Å². The SMILES string of the molecule is CNC.O=S(=O)(O)CC(F)C(F)C(F)C(F)C(F)C(F)C(F)C(F)CCCF. The number of rotatable bonds is 12. The molecule has 0 radical (unpaired) electrons. The van der Waals surface area contributed by atoms with Crippen molar-refractivity contribution in [1.29, 1.82) is 0 Å². The van der Waals surface area contributed by atoms with Crippen molar-refractivity contribution in [1.82, 2.24) is 5.32 Å². The first-order chi connectivity index (χ1) is 12.7. The van der Waals surface area contributed by atoms with Crippen molar-refractivity contribution in [3.05, 3.63) is 0 Å². The average molecular weight is 457 g/mol. The highest BCUT2D eigenvalue weighted by atomic mass is 32.2. The lowest BCUT2D eigenvalue weighted by atomic mass is 9.97. The summed E-state index contributed by atoms with van der Waals surface area (Å²) in [6.45, 7) is -1.09. The molecule has 0 heterocycles. The van der Waals surface area contributed by atoms with Crippen LogP contribution in [-0.2, 0) is 10.1 Å². The molecule has 0 saturated carbocycles. The van der Waals surface area contributed by atoms with Crippen LogP contribution in [0.15, 0.2) is 0 Å². The highest BCUT2D eigenvalue weighted by Gasteiger charge is 2.47. The van der Waals surface area contributed by atoms with Crippen molar-refractivity contribution >= 4 is 10.1 Å². The average Bonchev–Trinajstić information content (AvgIpc) is 2.61. The molecule has 0 aliphatic carbocycles. The van der Waals surface area contributed by atoms with E-state index in [1.165, 1.54) is 0 Å². The molecule has 0 aromatic heterocycles. The van der Waals surface area contributed by atoms with Crippen molar-refractivity contribution in [2.75, 3.05) is 26.5 Å². The maximum Gasteiger partial charge on any atom is 0.267 e. The fourth-order valence-electron chi connectivity index (χ4n) is 1.83.